The van der Waals surface area contributed by atoms with E-state index < -0.39 is 11.7 Å². The van der Waals surface area contributed by atoms with Crippen molar-refractivity contribution < 1.29 is 9.59 Å². The lowest BCUT2D eigenvalue weighted by Crippen LogP contribution is -2.29. The summed E-state index contributed by atoms with van der Waals surface area (Å²) in [6, 6.07) is 14.2. The van der Waals surface area contributed by atoms with E-state index in [-0.39, 0.29) is 11.3 Å². The number of amides is 1. The number of ketones is 1. The number of benzene rings is 2. The van der Waals surface area contributed by atoms with Gasteiger partial charge < -0.3 is 4.90 Å². The fourth-order valence-corrected chi connectivity index (χ4v) is 2.38. The maximum atomic E-state index is 12.2. The number of carbonyl (C=O) groups excluding carboxylic acids is 2. The zero-order chi connectivity index (χ0) is 14.8. The minimum absolute atomic E-state index is 0.177. The van der Waals surface area contributed by atoms with Crippen molar-refractivity contribution in [1.82, 2.24) is 0 Å². The average molecular weight is 278 g/mol. The van der Waals surface area contributed by atoms with Crippen LogP contribution in [0.1, 0.15) is 15.9 Å². The van der Waals surface area contributed by atoms with Crippen LogP contribution in [0.3, 0.4) is 0 Å². The van der Waals surface area contributed by atoms with Gasteiger partial charge in [-0.3, -0.25) is 9.59 Å². The van der Waals surface area contributed by atoms with Gasteiger partial charge in [-0.15, -0.1) is 0 Å². The molecule has 1 amide bonds. The monoisotopic (exact) mass is 278 g/mol. The number of Topliss-reactive ketones (excluding diaryl/α,β-unsaturated/α-hetero) is 1. The molecule has 2 aromatic carbocycles. The van der Waals surface area contributed by atoms with Crippen molar-refractivity contribution in [3.63, 3.8) is 0 Å². The Kier molecular flexibility index (Phi) is 3.14. The number of azide groups is 1. The van der Waals surface area contributed by atoms with E-state index in [0.29, 0.717) is 12.2 Å². The molecule has 0 saturated carbocycles. The van der Waals surface area contributed by atoms with Crippen molar-refractivity contribution in [2.75, 3.05) is 4.90 Å². The molecule has 0 atom stereocenters. The van der Waals surface area contributed by atoms with Crippen LogP contribution in [0.2, 0.25) is 0 Å². The second kappa shape index (κ2) is 5.11. The van der Waals surface area contributed by atoms with E-state index in [9.17, 15) is 9.59 Å². The molecule has 0 radical (unpaired) electrons. The number of hydrogen-bond acceptors (Lipinski definition) is 3. The van der Waals surface area contributed by atoms with Crippen LogP contribution in [0.15, 0.2) is 53.6 Å². The van der Waals surface area contributed by atoms with Crippen molar-refractivity contribution in [3.05, 3.63) is 70.1 Å². The fraction of sp³-hybridized carbons (Fsp3) is 0.0667. The molecule has 3 rings (SSSR count). The van der Waals surface area contributed by atoms with Gasteiger partial charge >= 0.3 is 0 Å². The number of nitrogens with zero attached hydrogens (tertiary/aromatic N) is 4. The van der Waals surface area contributed by atoms with E-state index in [4.69, 9.17) is 5.53 Å². The molecule has 0 spiro atoms. The summed E-state index contributed by atoms with van der Waals surface area (Å²) < 4.78 is 0. The summed E-state index contributed by atoms with van der Waals surface area (Å²) in [7, 11) is 0. The van der Waals surface area contributed by atoms with Crippen molar-refractivity contribution >= 4 is 23.1 Å². The highest BCUT2D eigenvalue weighted by molar-refractivity contribution is 6.53. The summed E-state index contributed by atoms with van der Waals surface area (Å²) in [6.07, 6.45) is 0. The van der Waals surface area contributed by atoms with Crippen molar-refractivity contribution in [1.29, 1.82) is 0 Å². The predicted octanol–water partition coefficient (Wildman–Crippen LogP) is 3.36. The average Bonchev–Trinajstić information content (AvgIpc) is 2.75. The van der Waals surface area contributed by atoms with Gasteiger partial charge in [0.25, 0.3) is 11.7 Å². The number of carbonyl (C=O) groups is 2. The molecular formula is C15H10N4O2. The maximum Gasteiger partial charge on any atom is 0.299 e. The quantitative estimate of drug-likeness (QED) is 0.373. The second-order valence-electron chi connectivity index (χ2n) is 4.57. The van der Waals surface area contributed by atoms with Crippen LogP contribution >= 0.6 is 0 Å². The smallest absolute Gasteiger partial charge is 0.299 e. The van der Waals surface area contributed by atoms with Crippen molar-refractivity contribution in [2.45, 2.75) is 6.54 Å². The standard InChI is InChI=1S/C15H10N4O2/c16-18-17-11-7-4-8-12-13(11)14(20)15(21)19(12)9-10-5-2-1-3-6-10/h1-8H,9H2. The molecule has 6 nitrogen and oxygen atoms in total. The Balaban J connectivity index is 2.06. The van der Waals surface area contributed by atoms with Crippen LogP contribution in [0.5, 0.6) is 0 Å². The molecular weight excluding hydrogens is 268 g/mol. The van der Waals surface area contributed by atoms with Gasteiger partial charge in [-0.05, 0) is 17.2 Å². The molecule has 1 heterocycles. The molecule has 0 aliphatic carbocycles. The minimum Gasteiger partial charge on any atom is -0.300 e. The first-order chi connectivity index (χ1) is 10.2. The fourth-order valence-electron chi connectivity index (χ4n) is 2.38. The maximum absolute atomic E-state index is 12.2. The largest absolute Gasteiger partial charge is 0.300 e. The number of fused-ring (bicyclic) bond motifs is 1. The molecule has 0 saturated heterocycles. The summed E-state index contributed by atoms with van der Waals surface area (Å²) in [6.45, 7) is 0.304. The Labute approximate surface area is 120 Å². The zero-order valence-electron chi connectivity index (χ0n) is 10.9. The van der Waals surface area contributed by atoms with Gasteiger partial charge in [0, 0.05) is 4.91 Å². The highest BCUT2D eigenvalue weighted by Gasteiger charge is 2.37. The van der Waals surface area contributed by atoms with Crippen LogP contribution in [0.4, 0.5) is 11.4 Å². The van der Waals surface area contributed by atoms with E-state index in [2.05, 4.69) is 10.0 Å². The SMILES string of the molecule is [N-]=[N+]=Nc1cccc2c1C(=O)C(=O)N2Cc1ccccc1. The van der Waals surface area contributed by atoms with Crippen LogP contribution in [0.25, 0.3) is 10.4 Å². The number of rotatable bonds is 3. The molecule has 1 aliphatic heterocycles. The Bertz CT molecular complexity index is 780. The van der Waals surface area contributed by atoms with Gasteiger partial charge in [0.05, 0.1) is 23.5 Å². The highest BCUT2D eigenvalue weighted by atomic mass is 16.2. The lowest BCUT2D eigenvalue weighted by Gasteiger charge is -2.16. The van der Waals surface area contributed by atoms with E-state index in [0.717, 1.165) is 5.56 Å². The van der Waals surface area contributed by atoms with Gasteiger partial charge in [-0.1, -0.05) is 47.6 Å². The molecule has 0 aromatic heterocycles. The van der Waals surface area contributed by atoms with E-state index in [1.807, 2.05) is 30.3 Å². The molecule has 0 unspecified atom stereocenters. The lowest BCUT2D eigenvalue weighted by molar-refractivity contribution is -0.114. The van der Waals surface area contributed by atoms with Crippen LogP contribution in [-0.2, 0) is 11.3 Å². The Hall–Kier alpha value is -3.11. The molecule has 21 heavy (non-hydrogen) atoms. The predicted molar refractivity (Wildman–Crippen MR) is 77.2 cm³/mol. The van der Waals surface area contributed by atoms with Crippen LogP contribution < -0.4 is 4.90 Å². The first-order valence-corrected chi connectivity index (χ1v) is 6.30. The third-order valence-electron chi connectivity index (χ3n) is 3.31. The molecule has 0 fully saturated rings. The van der Waals surface area contributed by atoms with Gasteiger partial charge in [0.1, 0.15) is 0 Å². The number of hydrogen-bond donors (Lipinski definition) is 0. The van der Waals surface area contributed by atoms with Gasteiger partial charge in [-0.25, -0.2) is 0 Å². The summed E-state index contributed by atoms with van der Waals surface area (Å²) in [5.74, 6) is -1.24. The normalized spacial score (nSPS) is 13.0. The topological polar surface area (TPSA) is 86.1 Å². The second-order valence-corrected chi connectivity index (χ2v) is 4.57. The molecule has 0 bridgehead atoms. The van der Waals surface area contributed by atoms with Gasteiger partial charge in [0.2, 0.25) is 0 Å². The van der Waals surface area contributed by atoms with E-state index in [1.54, 1.807) is 12.1 Å². The molecule has 1 aliphatic rings. The summed E-state index contributed by atoms with van der Waals surface area (Å²) in [4.78, 5) is 28.4. The first-order valence-electron chi connectivity index (χ1n) is 6.30. The van der Waals surface area contributed by atoms with Crippen molar-refractivity contribution in [2.24, 2.45) is 5.11 Å². The lowest BCUT2D eigenvalue weighted by atomic mass is 10.1. The number of anilines is 1. The minimum atomic E-state index is -0.635. The van der Waals surface area contributed by atoms with Crippen LogP contribution in [0, 0.1) is 0 Å². The molecule has 2 aromatic rings. The first kappa shape index (κ1) is 12.9. The molecule has 6 heteroatoms. The third kappa shape index (κ3) is 2.13. The summed E-state index contributed by atoms with van der Waals surface area (Å²) in [5, 5.41) is 3.49. The van der Waals surface area contributed by atoms with E-state index >= 15 is 0 Å². The third-order valence-corrected chi connectivity index (χ3v) is 3.31. The summed E-state index contributed by atoms with van der Waals surface area (Å²) in [5.41, 5.74) is 10.3. The zero-order valence-corrected chi connectivity index (χ0v) is 10.9. The molecule has 0 N–H and O–H groups in total. The van der Waals surface area contributed by atoms with E-state index in [1.165, 1.54) is 11.0 Å². The Morgan fingerprint density at radius 1 is 1.05 bits per heavy atom. The highest BCUT2D eigenvalue weighted by Crippen LogP contribution is 2.36. The Morgan fingerprint density at radius 2 is 1.81 bits per heavy atom. The molecule has 102 valence electrons. The van der Waals surface area contributed by atoms with Crippen molar-refractivity contribution in [3.8, 4) is 0 Å². The Morgan fingerprint density at radius 3 is 2.52 bits per heavy atom. The van der Waals surface area contributed by atoms with Gasteiger partial charge in [-0.2, -0.15) is 0 Å². The van der Waals surface area contributed by atoms with Gasteiger partial charge in [0.15, 0.2) is 0 Å². The summed E-state index contributed by atoms with van der Waals surface area (Å²) >= 11 is 0. The van der Waals surface area contributed by atoms with Crippen LogP contribution in [-0.4, -0.2) is 11.7 Å².